The van der Waals surface area contributed by atoms with Crippen molar-refractivity contribution in [3.63, 3.8) is 0 Å². The monoisotopic (exact) mass is 199 g/mol. The Morgan fingerprint density at radius 1 is 1.38 bits per heavy atom. The maximum atomic E-state index is 9.70. The quantitative estimate of drug-likeness (QED) is 0.419. The van der Waals surface area contributed by atoms with Crippen molar-refractivity contribution in [3.05, 3.63) is 30.3 Å². The third-order valence-corrected chi connectivity index (χ3v) is 3.10. The molecule has 13 heavy (non-hydrogen) atoms. The Morgan fingerprint density at radius 3 is 2.69 bits per heavy atom. The summed E-state index contributed by atoms with van der Waals surface area (Å²) in [5.74, 6) is 0. The van der Waals surface area contributed by atoms with Crippen molar-refractivity contribution in [3.8, 4) is 0 Å². The number of hydrogen-bond donors (Lipinski definition) is 2. The molecule has 0 spiro atoms. The molecular weight excluding hydrogens is 185 g/mol. The second-order valence-electron chi connectivity index (χ2n) is 2.51. The van der Waals surface area contributed by atoms with Crippen LogP contribution in [0.2, 0.25) is 0 Å². The topological polar surface area (TPSA) is 41.5 Å². The van der Waals surface area contributed by atoms with E-state index in [-0.39, 0.29) is 0 Å². The molecule has 0 saturated heterocycles. The zero-order valence-corrected chi connectivity index (χ0v) is 8.50. The maximum absolute atomic E-state index is 9.70. The lowest BCUT2D eigenvalue weighted by Crippen LogP contribution is -2.13. The van der Waals surface area contributed by atoms with E-state index in [2.05, 4.69) is 5.48 Å². The Kier molecular flexibility index (Phi) is 4.94. The first-order chi connectivity index (χ1) is 6.34. The van der Waals surface area contributed by atoms with E-state index in [1.807, 2.05) is 30.3 Å². The van der Waals surface area contributed by atoms with Crippen molar-refractivity contribution >= 4 is 13.5 Å². The lowest BCUT2D eigenvalue weighted by atomic mass is 10.4. The van der Waals surface area contributed by atoms with Gasteiger partial charge < -0.3 is 9.73 Å². The summed E-state index contributed by atoms with van der Waals surface area (Å²) in [6.07, 6.45) is 0.667. The molecule has 1 rings (SSSR count). The van der Waals surface area contributed by atoms with Gasteiger partial charge in [0.1, 0.15) is 0 Å². The second kappa shape index (κ2) is 6.06. The fourth-order valence-corrected chi connectivity index (χ4v) is 2.00. The number of hydroxylamine groups is 1. The molecule has 0 amide bonds. The summed E-state index contributed by atoms with van der Waals surface area (Å²) in [4.78, 5) is 14.6. The van der Waals surface area contributed by atoms with Crippen LogP contribution < -0.4 is 10.8 Å². The van der Waals surface area contributed by atoms with Crippen molar-refractivity contribution in [1.29, 1.82) is 0 Å². The minimum atomic E-state index is -1.05. The summed E-state index contributed by atoms with van der Waals surface area (Å²) in [6.45, 7) is 0.535. The fourth-order valence-electron chi connectivity index (χ4n) is 0.963. The largest absolute Gasteiger partial charge is 0.369 e. The van der Waals surface area contributed by atoms with Gasteiger partial charge in [0.05, 0.1) is 14.8 Å². The molecule has 0 aliphatic heterocycles. The van der Waals surface area contributed by atoms with Crippen molar-refractivity contribution in [2.45, 2.75) is 0 Å². The van der Waals surface area contributed by atoms with Crippen molar-refractivity contribution in [1.82, 2.24) is 5.48 Å². The molecule has 3 nitrogen and oxygen atoms in total. The first-order valence-corrected chi connectivity index (χ1v) is 5.62. The average Bonchev–Trinajstić information content (AvgIpc) is 2.19. The first-order valence-electron chi connectivity index (χ1n) is 4.14. The van der Waals surface area contributed by atoms with Gasteiger partial charge in [0.15, 0.2) is 0 Å². The standard InChI is InChI=1S/C9H14NO2P/c1-10-12-7-8-13(11)9-5-3-2-4-6-9/h2-6,10-11H,7-8H2,1H3. The molecule has 0 aromatic heterocycles. The summed E-state index contributed by atoms with van der Waals surface area (Å²) in [5, 5.41) is 0.997. The van der Waals surface area contributed by atoms with E-state index in [4.69, 9.17) is 4.84 Å². The average molecular weight is 199 g/mol. The van der Waals surface area contributed by atoms with E-state index < -0.39 is 8.15 Å². The van der Waals surface area contributed by atoms with Gasteiger partial charge in [-0.05, 0) is 0 Å². The van der Waals surface area contributed by atoms with E-state index >= 15 is 0 Å². The van der Waals surface area contributed by atoms with Gasteiger partial charge in [-0.2, -0.15) is 0 Å². The number of hydrogen-bond acceptors (Lipinski definition) is 3. The summed E-state index contributed by atoms with van der Waals surface area (Å²) < 4.78 is 0. The van der Waals surface area contributed by atoms with Gasteiger partial charge in [0.25, 0.3) is 0 Å². The van der Waals surface area contributed by atoms with Crippen LogP contribution in [0.25, 0.3) is 0 Å². The van der Waals surface area contributed by atoms with Gasteiger partial charge in [-0.3, -0.25) is 0 Å². The summed E-state index contributed by atoms with van der Waals surface area (Å²) in [6, 6.07) is 9.67. The molecule has 1 aromatic carbocycles. The predicted octanol–water partition coefficient (Wildman–Crippen LogP) is 0.852. The summed E-state index contributed by atoms with van der Waals surface area (Å²) in [7, 11) is 0.658. The van der Waals surface area contributed by atoms with Crippen LogP contribution in [0.5, 0.6) is 0 Å². The second-order valence-corrected chi connectivity index (χ2v) is 4.27. The van der Waals surface area contributed by atoms with Crippen LogP contribution in [-0.4, -0.2) is 24.7 Å². The van der Waals surface area contributed by atoms with E-state index in [1.165, 1.54) is 0 Å². The van der Waals surface area contributed by atoms with Gasteiger partial charge in [-0.15, -0.1) is 0 Å². The lowest BCUT2D eigenvalue weighted by molar-refractivity contribution is 0.0699. The van der Waals surface area contributed by atoms with Crippen LogP contribution in [0.4, 0.5) is 0 Å². The molecule has 0 saturated carbocycles. The number of nitrogens with one attached hydrogen (secondary N) is 1. The van der Waals surface area contributed by atoms with Crippen LogP contribution in [0.1, 0.15) is 0 Å². The Labute approximate surface area is 79.5 Å². The molecule has 0 heterocycles. The highest BCUT2D eigenvalue weighted by Gasteiger charge is 2.05. The molecule has 72 valence electrons. The minimum absolute atomic E-state index is 0.535. The lowest BCUT2D eigenvalue weighted by Gasteiger charge is -2.09. The molecule has 1 unspecified atom stereocenters. The van der Waals surface area contributed by atoms with Crippen LogP contribution in [0.15, 0.2) is 30.3 Å². The third-order valence-electron chi connectivity index (χ3n) is 1.60. The predicted molar refractivity (Wildman–Crippen MR) is 55.1 cm³/mol. The van der Waals surface area contributed by atoms with Crippen molar-refractivity contribution < 1.29 is 9.73 Å². The Morgan fingerprint density at radius 2 is 2.08 bits per heavy atom. The van der Waals surface area contributed by atoms with Crippen molar-refractivity contribution in [2.24, 2.45) is 0 Å². The highest BCUT2D eigenvalue weighted by Crippen LogP contribution is 2.27. The van der Waals surface area contributed by atoms with E-state index in [0.29, 0.717) is 12.8 Å². The molecule has 0 aliphatic carbocycles. The van der Waals surface area contributed by atoms with Crippen molar-refractivity contribution in [2.75, 3.05) is 19.8 Å². The molecule has 2 N–H and O–H groups in total. The SMILES string of the molecule is CNOCCP(O)c1ccccc1. The zero-order chi connectivity index (χ0) is 9.52. The molecule has 0 fully saturated rings. The van der Waals surface area contributed by atoms with E-state index in [9.17, 15) is 4.89 Å². The Bertz CT molecular complexity index is 230. The van der Waals surface area contributed by atoms with E-state index in [1.54, 1.807) is 7.05 Å². The molecule has 1 atom stereocenters. The normalized spacial score (nSPS) is 12.8. The minimum Gasteiger partial charge on any atom is -0.369 e. The number of rotatable bonds is 5. The van der Waals surface area contributed by atoms with Gasteiger partial charge in [0, 0.05) is 18.5 Å². The zero-order valence-electron chi connectivity index (χ0n) is 7.60. The van der Waals surface area contributed by atoms with E-state index in [0.717, 1.165) is 5.30 Å². The smallest absolute Gasteiger partial charge is 0.0745 e. The fraction of sp³-hybridized carbons (Fsp3) is 0.333. The van der Waals surface area contributed by atoms with Crippen LogP contribution >= 0.6 is 8.15 Å². The number of benzene rings is 1. The summed E-state index contributed by atoms with van der Waals surface area (Å²) in [5.41, 5.74) is 2.57. The Balaban J connectivity index is 2.35. The first kappa shape index (κ1) is 10.6. The van der Waals surface area contributed by atoms with Gasteiger partial charge in [0.2, 0.25) is 0 Å². The Hall–Kier alpha value is -0.470. The van der Waals surface area contributed by atoms with Gasteiger partial charge in [-0.25, -0.2) is 5.48 Å². The molecule has 0 aliphatic rings. The summed E-state index contributed by atoms with van der Waals surface area (Å²) >= 11 is 0. The molecule has 1 aromatic rings. The highest BCUT2D eigenvalue weighted by atomic mass is 31.1. The van der Waals surface area contributed by atoms with Crippen LogP contribution in [0.3, 0.4) is 0 Å². The van der Waals surface area contributed by atoms with Crippen LogP contribution in [-0.2, 0) is 4.84 Å². The third kappa shape index (κ3) is 3.83. The molecular formula is C9H14NO2P. The molecule has 0 radical (unpaired) electrons. The van der Waals surface area contributed by atoms with Gasteiger partial charge in [-0.1, -0.05) is 30.3 Å². The molecule has 4 heteroatoms. The highest BCUT2D eigenvalue weighted by molar-refractivity contribution is 7.59. The van der Waals surface area contributed by atoms with Crippen LogP contribution in [0, 0.1) is 0 Å². The molecule has 0 bridgehead atoms. The maximum Gasteiger partial charge on any atom is 0.0745 e. The van der Waals surface area contributed by atoms with Gasteiger partial charge >= 0.3 is 0 Å².